The van der Waals surface area contributed by atoms with E-state index in [0.29, 0.717) is 29.9 Å². The van der Waals surface area contributed by atoms with Gasteiger partial charge in [0.2, 0.25) is 0 Å². The Kier molecular flexibility index (Phi) is 9.11. The number of aryl methyl sites for hydroxylation is 1. The number of methoxy groups -OCH3 is 2. The number of guanidine groups is 1. The molecule has 2 aromatic rings. The SMILES string of the molecule is COc1ccc(CN=C(N)NCCCc2nnc(SC)n2CC(C)C)cc1OC. The fourth-order valence-corrected chi connectivity index (χ4v) is 3.40. The number of hydrogen-bond donors (Lipinski definition) is 2. The van der Waals surface area contributed by atoms with Crippen LogP contribution in [0.1, 0.15) is 31.7 Å². The van der Waals surface area contributed by atoms with Crippen LogP contribution in [-0.2, 0) is 19.5 Å². The molecule has 0 amide bonds. The van der Waals surface area contributed by atoms with Crippen LogP contribution in [0.15, 0.2) is 28.3 Å². The van der Waals surface area contributed by atoms with Crippen molar-refractivity contribution in [3.05, 3.63) is 29.6 Å². The van der Waals surface area contributed by atoms with Crippen LogP contribution in [0.25, 0.3) is 0 Å². The van der Waals surface area contributed by atoms with Crippen LogP contribution < -0.4 is 20.5 Å². The summed E-state index contributed by atoms with van der Waals surface area (Å²) >= 11 is 1.63. The first kappa shape index (κ1) is 22.9. The highest BCUT2D eigenvalue weighted by atomic mass is 32.2. The summed E-state index contributed by atoms with van der Waals surface area (Å²) in [5.41, 5.74) is 6.99. The minimum Gasteiger partial charge on any atom is -0.493 e. The van der Waals surface area contributed by atoms with Crippen molar-refractivity contribution in [2.45, 2.75) is 44.9 Å². The van der Waals surface area contributed by atoms with Crippen molar-refractivity contribution in [3.8, 4) is 11.5 Å². The van der Waals surface area contributed by atoms with Crippen LogP contribution in [0, 0.1) is 5.92 Å². The van der Waals surface area contributed by atoms with E-state index in [0.717, 1.165) is 42.5 Å². The van der Waals surface area contributed by atoms with E-state index in [9.17, 15) is 0 Å². The Morgan fingerprint density at radius 1 is 1.24 bits per heavy atom. The van der Waals surface area contributed by atoms with Crippen molar-refractivity contribution >= 4 is 17.7 Å². The van der Waals surface area contributed by atoms with Gasteiger partial charge in [0.25, 0.3) is 0 Å². The first-order chi connectivity index (χ1) is 14.0. The van der Waals surface area contributed by atoms with Crippen LogP contribution >= 0.6 is 11.8 Å². The van der Waals surface area contributed by atoms with Gasteiger partial charge in [-0.25, -0.2) is 4.99 Å². The third-order valence-electron chi connectivity index (χ3n) is 4.29. The number of nitrogens with two attached hydrogens (primary N) is 1. The lowest BCUT2D eigenvalue weighted by atomic mass is 10.2. The van der Waals surface area contributed by atoms with Crippen molar-refractivity contribution < 1.29 is 9.47 Å². The number of hydrogen-bond acceptors (Lipinski definition) is 6. The van der Waals surface area contributed by atoms with Crippen LogP contribution in [0.3, 0.4) is 0 Å². The van der Waals surface area contributed by atoms with Gasteiger partial charge < -0.3 is 25.1 Å². The summed E-state index contributed by atoms with van der Waals surface area (Å²) in [6, 6.07) is 5.72. The zero-order chi connectivity index (χ0) is 21.2. The molecule has 160 valence electrons. The van der Waals surface area contributed by atoms with Gasteiger partial charge in [0.1, 0.15) is 5.82 Å². The quantitative estimate of drug-likeness (QED) is 0.249. The maximum atomic E-state index is 6.00. The van der Waals surface area contributed by atoms with E-state index in [1.165, 1.54) is 0 Å². The van der Waals surface area contributed by atoms with Gasteiger partial charge in [-0.3, -0.25) is 0 Å². The van der Waals surface area contributed by atoms with Gasteiger partial charge in [-0.15, -0.1) is 10.2 Å². The molecule has 1 aromatic carbocycles. The second-order valence-corrected chi connectivity index (χ2v) is 7.80. The van der Waals surface area contributed by atoms with E-state index in [1.807, 2.05) is 24.5 Å². The van der Waals surface area contributed by atoms with Gasteiger partial charge >= 0.3 is 0 Å². The van der Waals surface area contributed by atoms with Gasteiger partial charge in [-0.1, -0.05) is 31.7 Å². The van der Waals surface area contributed by atoms with Crippen LogP contribution in [0.5, 0.6) is 11.5 Å². The molecule has 2 rings (SSSR count). The average Bonchev–Trinajstić information content (AvgIpc) is 3.10. The van der Waals surface area contributed by atoms with E-state index >= 15 is 0 Å². The molecule has 0 aliphatic rings. The molecule has 3 N–H and O–H groups in total. The molecule has 1 aromatic heterocycles. The van der Waals surface area contributed by atoms with Gasteiger partial charge in [-0.2, -0.15) is 0 Å². The highest BCUT2D eigenvalue weighted by Crippen LogP contribution is 2.27. The second-order valence-electron chi connectivity index (χ2n) is 7.03. The summed E-state index contributed by atoms with van der Waals surface area (Å²) in [4.78, 5) is 4.39. The third kappa shape index (κ3) is 6.85. The molecule has 8 nitrogen and oxygen atoms in total. The van der Waals surface area contributed by atoms with Crippen LogP contribution in [0.2, 0.25) is 0 Å². The predicted octanol–water partition coefficient (Wildman–Crippen LogP) is 2.71. The number of rotatable bonds is 11. The van der Waals surface area contributed by atoms with Crippen molar-refractivity contribution in [2.24, 2.45) is 16.6 Å². The Labute approximate surface area is 177 Å². The molecule has 0 aliphatic carbocycles. The van der Waals surface area contributed by atoms with E-state index in [-0.39, 0.29) is 0 Å². The fourth-order valence-electron chi connectivity index (χ4n) is 2.88. The minimum atomic E-state index is 0.424. The first-order valence-electron chi connectivity index (χ1n) is 9.69. The summed E-state index contributed by atoms with van der Waals surface area (Å²) in [6.07, 6.45) is 3.77. The Balaban J connectivity index is 1.83. The predicted molar refractivity (Wildman–Crippen MR) is 118 cm³/mol. The monoisotopic (exact) mass is 420 g/mol. The molecule has 0 unspecified atom stereocenters. The molecule has 0 bridgehead atoms. The van der Waals surface area contributed by atoms with Gasteiger partial charge in [0.15, 0.2) is 22.6 Å². The van der Waals surface area contributed by atoms with E-state index in [4.69, 9.17) is 15.2 Å². The molecule has 0 saturated heterocycles. The molecule has 1 heterocycles. The van der Waals surface area contributed by atoms with Gasteiger partial charge in [0, 0.05) is 19.5 Å². The zero-order valence-electron chi connectivity index (χ0n) is 17.9. The van der Waals surface area contributed by atoms with Crippen LogP contribution in [0.4, 0.5) is 0 Å². The molecular formula is C20H32N6O2S. The van der Waals surface area contributed by atoms with Crippen molar-refractivity contribution in [1.82, 2.24) is 20.1 Å². The summed E-state index contributed by atoms with van der Waals surface area (Å²) in [6.45, 7) is 6.53. The largest absolute Gasteiger partial charge is 0.493 e. The summed E-state index contributed by atoms with van der Waals surface area (Å²) < 4.78 is 12.8. The second kappa shape index (κ2) is 11.5. The number of nitrogens with one attached hydrogen (secondary N) is 1. The third-order valence-corrected chi connectivity index (χ3v) is 4.95. The number of aliphatic imine (C=N–C) groups is 1. The molecule has 0 spiro atoms. The van der Waals surface area contributed by atoms with Crippen molar-refractivity contribution in [2.75, 3.05) is 27.0 Å². The highest BCUT2D eigenvalue weighted by Gasteiger charge is 2.12. The van der Waals surface area contributed by atoms with Gasteiger partial charge in [0.05, 0.1) is 20.8 Å². The fraction of sp³-hybridized carbons (Fsp3) is 0.550. The number of nitrogens with zero attached hydrogens (tertiary/aromatic N) is 4. The number of thioether (sulfide) groups is 1. The molecule has 0 saturated carbocycles. The maximum absolute atomic E-state index is 6.00. The molecule has 9 heteroatoms. The maximum Gasteiger partial charge on any atom is 0.190 e. The number of ether oxygens (including phenoxy) is 2. The Morgan fingerprint density at radius 3 is 2.66 bits per heavy atom. The van der Waals surface area contributed by atoms with Gasteiger partial charge in [-0.05, 0) is 36.3 Å². The standard InChI is InChI=1S/C20H32N6O2S/c1-14(2)13-26-18(24-25-20(26)29-5)7-6-10-22-19(21)23-12-15-8-9-16(27-3)17(11-15)28-4/h8-9,11,14H,6-7,10,12-13H2,1-5H3,(H3,21,22,23). The lowest BCUT2D eigenvalue weighted by Crippen LogP contribution is -2.32. The highest BCUT2D eigenvalue weighted by molar-refractivity contribution is 7.98. The van der Waals surface area contributed by atoms with Crippen molar-refractivity contribution in [1.29, 1.82) is 0 Å². The Bertz CT molecular complexity index is 806. The molecule has 29 heavy (non-hydrogen) atoms. The smallest absolute Gasteiger partial charge is 0.190 e. The van der Waals surface area contributed by atoms with E-state index < -0.39 is 0 Å². The average molecular weight is 421 g/mol. The molecule has 0 radical (unpaired) electrons. The summed E-state index contributed by atoms with van der Waals surface area (Å²) in [5, 5.41) is 12.8. The lowest BCUT2D eigenvalue weighted by molar-refractivity contribution is 0.354. The first-order valence-corrected chi connectivity index (χ1v) is 10.9. The Morgan fingerprint density at radius 2 is 2.00 bits per heavy atom. The van der Waals surface area contributed by atoms with Crippen molar-refractivity contribution in [3.63, 3.8) is 0 Å². The van der Waals surface area contributed by atoms with E-state index in [1.54, 1.807) is 26.0 Å². The Hall–Kier alpha value is -2.42. The number of benzene rings is 1. The summed E-state index contributed by atoms with van der Waals surface area (Å²) in [7, 11) is 3.23. The summed E-state index contributed by atoms with van der Waals surface area (Å²) in [5.74, 6) is 3.37. The molecule has 0 aliphatic heterocycles. The molecular weight excluding hydrogens is 388 g/mol. The topological polar surface area (TPSA) is 99.6 Å². The van der Waals surface area contributed by atoms with Crippen LogP contribution in [-0.4, -0.2) is 47.7 Å². The minimum absolute atomic E-state index is 0.424. The van der Waals surface area contributed by atoms with E-state index in [2.05, 4.69) is 38.9 Å². The molecule has 0 fully saturated rings. The number of aromatic nitrogens is 3. The normalized spacial score (nSPS) is 11.7. The lowest BCUT2D eigenvalue weighted by Gasteiger charge is -2.12. The zero-order valence-corrected chi connectivity index (χ0v) is 18.8. The molecule has 0 atom stereocenters.